The summed E-state index contributed by atoms with van der Waals surface area (Å²) < 4.78 is 0. The van der Waals surface area contributed by atoms with Crippen molar-refractivity contribution in [3.8, 4) is 22.3 Å². The van der Waals surface area contributed by atoms with Crippen molar-refractivity contribution in [1.82, 2.24) is 0 Å². The van der Waals surface area contributed by atoms with Crippen LogP contribution in [0.5, 0.6) is 0 Å². The number of rotatable bonds is 3. The molecule has 0 heterocycles. The summed E-state index contributed by atoms with van der Waals surface area (Å²) in [5.74, 6) is -0.881. The van der Waals surface area contributed by atoms with E-state index in [1.54, 1.807) is 6.07 Å². The Kier molecular flexibility index (Phi) is 4.22. The molecule has 24 heavy (non-hydrogen) atoms. The molecule has 2 nitrogen and oxygen atoms in total. The number of aromatic carboxylic acids is 1. The number of carboxylic acid groups (broad SMARTS) is 1. The molecule has 0 spiro atoms. The van der Waals surface area contributed by atoms with E-state index in [2.05, 4.69) is 43.3 Å². The van der Waals surface area contributed by atoms with Crippen LogP contribution in [0.3, 0.4) is 0 Å². The van der Waals surface area contributed by atoms with Gasteiger partial charge in [0.25, 0.3) is 0 Å². The van der Waals surface area contributed by atoms with Crippen LogP contribution in [0.4, 0.5) is 0 Å². The van der Waals surface area contributed by atoms with Gasteiger partial charge >= 0.3 is 5.97 Å². The number of benzene rings is 3. The van der Waals surface area contributed by atoms with Crippen LogP contribution in [0.15, 0.2) is 60.7 Å². The molecular weight excluding hydrogens is 296 g/mol. The van der Waals surface area contributed by atoms with Crippen LogP contribution in [0.1, 0.15) is 27.0 Å². The van der Waals surface area contributed by atoms with Crippen molar-refractivity contribution < 1.29 is 9.90 Å². The summed E-state index contributed by atoms with van der Waals surface area (Å²) >= 11 is 0. The van der Waals surface area contributed by atoms with Gasteiger partial charge in [-0.2, -0.15) is 0 Å². The van der Waals surface area contributed by atoms with E-state index in [-0.39, 0.29) is 0 Å². The molecule has 3 rings (SSSR count). The Morgan fingerprint density at radius 1 is 0.750 bits per heavy atom. The standard InChI is InChI=1S/C22H20O2/c1-14-6-4-5-7-20(14)18-10-8-17(9-11-18)19-12-15(2)16(3)21(13-19)22(23)24/h4-13H,1-3H3,(H,23,24). The molecule has 3 aromatic rings. The summed E-state index contributed by atoms with van der Waals surface area (Å²) in [6.07, 6.45) is 0. The van der Waals surface area contributed by atoms with Gasteiger partial charge in [0.05, 0.1) is 5.56 Å². The number of hydrogen-bond donors (Lipinski definition) is 1. The molecule has 1 N–H and O–H groups in total. The van der Waals surface area contributed by atoms with Gasteiger partial charge in [-0.15, -0.1) is 0 Å². The Hall–Kier alpha value is -2.87. The molecule has 0 aromatic heterocycles. The molecular formula is C22H20O2. The first kappa shape index (κ1) is 16.0. The number of aryl methyl sites for hydroxylation is 2. The molecule has 120 valence electrons. The summed E-state index contributed by atoms with van der Waals surface area (Å²) in [5.41, 5.74) is 7.77. The second-order valence-corrected chi connectivity index (χ2v) is 6.16. The van der Waals surface area contributed by atoms with E-state index < -0.39 is 5.97 Å². The van der Waals surface area contributed by atoms with Gasteiger partial charge in [0.15, 0.2) is 0 Å². The second kappa shape index (κ2) is 6.32. The summed E-state index contributed by atoms with van der Waals surface area (Å²) in [4.78, 5) is 11.4. The fraction of sp³-hybridized carbons (Fsp3) is 0.136. The molecule has 0 amide bonds. The smallest absolute Gasteiger partial charge is 0.335 e. The Morgan fingerprint density at radius 2 is 1.38 bits per heavy atom. The fourth-order valence-corrected chi connectivity index (χ4v) is 2.99. The van der Waals surface area contributed by atoms with Crippen molar-refractivity contribution in [3.63, 3.8) is 0 Å². The molecule has 0 fully saturated rings. The van der Waals surface area contributed by atoms with E-state index in [1.807, 2.05) is 32.0 Å². The molecule has 0 aliphatic heterocycles. The third kappa shape index (κ3) is 2.95. The van der Waals surface area contributed by atoms with E-state index in [0.29, 0.717) is 5.56 Å². The lowest BCUT2D eigenvalue weighted by atomic mass is 9.94. The third-order valence-corrected chi connectivity index (χ3v) is 4.57. The lowest BCUT2D eigenvalue weighted by Gasteiger charge is -2.11. The normalized spacial score (nSPS) is 10.6. The molecule has 0 unspecified atom stereocenters. The van der Waals surface area contributed by atoms with Crippen molar-refractivity contribution >= 4 is 5.97 Å². The Labute approximate surface area is 142 Å². The molecule has 0 atom stereocenters. The monoisotopic (exact) mass is 316 g/mol. The second-order valence-electron chi connectivity index (χ2n) is 6.16. The number of carboxylic acids is 1. The Bertz CT molecular complexity index is 906. The zero-order valence-corrected chi connectivity index (χ0v) is 14.1. The fourth-order valence-electron chi connectivity index (χ4n) is 2.99. The van der Waals surface area contributed by atoms with Crippen LogP contribution in [-0.4, -0.2) is 11.1 Å². The minimum Gasteiger partial charge on any atom is -0.478 e. The third-order valence-electron chi connectivity index (χ3n) is 4.57. The van der Waals surface area contributed by atoms with Crippen LogP contribution >= 0.6 is 0 Å². The van der Waals surface area contributed by atoms with Gasteiger partial charge in [-0.1, -0.05) is 54.6 Å². The van der Waals surface area contributed by atoms with Gasteiger partial charge in [0, 0.05) is 0 Å². The van der Waals surface area contributed by atoms with Crippen molar-refractivity contribution in [2.75, 3.05) is 0 Å². The van der Waals surface area contributed by atoms with Crippen LogP contribution in [0, 0.1) is 20.8 Å². The maximum Gasteiger partial charge on any atom is 0.335 e. The van der Waals surface area contributed by atoms with Crippen LogP contribution in [-0.2, 0) is 0 Å². The summed E-state index contributed by atoms with van der Waals surface area (Å²) in [6, 6.07) is 20.4. The Morgan fingerprint density at radius 3 is 2.00 bits per heavy atom. The summed E-state index contributed by atoms with van der Waals surface area (Å²) in [6.45, 7) is 5.91. The number of carbonyl (C=O) groups is 1. The van der Waals surface area contributed by atoms with Crippen molar-refractivity contribution in [3.05, 3.63) is 82.9 Å². The van der Waals surface area contributed by atoms with Crippen molar-refractivity contribution in [2.45, 2.75) is 20.8 Å². The average Bonchev–Trinajstić information content (AvgIpc) is 2.57. The van der Waals surface area contributed by atoms with Crippen LogP contribution in [0.25, 0.3) is 22.3 Å². The maximum atomic E-state index is 11.4. The van der Waals surface area contributed by atoms with Crippen molar-refractivity contribution in [2.24, 2.45) is 0 Å². The molecule has 0 bridgehead atoms. The van der Waals surface area contributed by atoms with Gasteiger partial charge in [0.1, 0.15) is 0 Å². The topological polar surface area (TPSA) is 37.3 Å². The van der Waals surface area contributed by atoms with Gasteiger partial charge in [-0.05, 0) is 65.8 Å². The van der Waals surface area contributed by atoms with E-state index in [9.17, 15) is 9.90 Å². The molecule has 0 saturated heterocycles. The van der Waals surface area contributed by atoms with E-state index in [0.717, 1.165) is 22.3 Å². The molecule has 0 aliphatic rings. The van der Waals surface area contributed by atoms with E-state index in [4.69, 9.17) is 0 Å². The van der Waals surface area contributed by atoms with Gasteiger partial charge in [-0.3, -0.25) is 0 Å². The van der Waals surface area contributed by atoms with Crippen LogP contribution < -0.4 is 0 Å². The minimum atomic E-state index is -0.881. The van der Waals surface area contributed by atoms with E-state index in [1.165, 1.54) is 16.7 Å². The van der Waals surface area contributed by atoms with E-state index >= 15 is 0 Å². The molecule has 0 radical (unpaired) electrons. The highest BCUT2D eigenvalue weighted by Crippen LogP contribution is 2.29. The van der Waals surface area contributed by atoms with Crippen LogP contribution in [0.2, 0.25) is 0 Å². The summed E-state index contributed by atoms with van der Waals surface area (Å²) in [7, 11) is 0. The average molecular weight is 316 g/mol. The molecule has 2 heteroatoms. The predicted octanol–water partition coefficient (Wildman–Crippen LogP) is 5.64. The quantitative estimate of drug-likeness (QED) is 0.678. The summed E-state index contributed by atoms with van der Waals surface area (Å²) in [5, 5.41) is 9.38. The predicted molar refractivity (Wildman–Crippen MR) is 98.5 cm³/mol. The molecule has 0 saturated carbocycles. The molecule has 3 aromatic carbocycles. The zero-order valence-electron chi connectivity index (χ0n) is 14.1. The number of hydrogen-bond acceptors (Lipinski definition) is 1. The Balaban J connectivity index is 2.03. The first-order valence-electron chi connectivity index (χ1n) is 7.98. The first-order chi connectivity index (χ1) is 11.5. The maximum absolute atomic E-state index is 11.4. The first-order valence-corrected chi connectivity index (χ1v) is 7.98. The largest absolute Gasteiger partial charge is 0.478 e. The lowest BCUT2D eigenvalue weighted by molar-refractivity contribution is 0.0696. The minimum absolute atomic E-state index is 0.369. The van der Waals surface area contributed by atoms with Gasteiger partial charge in [-0.25, -0.2) is 4.79 Å². The SMILES string of the molecule is Cc1ccccc1-c1ccc(-c2cc(C)c(C)c(C(=O)O)c2)cc1. The highest BCUT2D eigenvalue weighted by Gasteiger charge is 2.12. The lowest BCUT2D eigenvalue weighted by Crippen LogP contribution is -2.02. The zero-order chi connectivity index (χ0) is 17.3. The highest BCUT2D eigenvalue weighted by molar-refractivity contribution is 5.91. The molecule has 0 aliphatic carbocycles. The van der Waals surface area contributed by atoms with Crippen molar-refractivity contribution in [1.29, 1.82) is 0 Å². The van der Waals surface area contributed by atoms with Gasteiger partial charge in [0.2, 0.25) is 0 Å². The van der Waals surface area contributed by atoms with Gasteiger partial charge < -0.3 is 5.11 Å². The highest BCUT2D eigenvalue weighted by atomic mass is 16.4.